The van der Waals surface area contributed by atoms with Crippen LogP contribution in [0.15, 0.2) is 0 Å². The zero-order chi connectivity index (χ0) is 12.3. The normalized spacial score (nSPS) is 49.8. The molecular formula is C14H25NO2. The molecule has 1 N–H and O–H groups in total. The molecule has 1 aliphatic heterocycles. The van der Waals surface area contributed by atoms with E-state index in [4.69, 9.17) is 4.74 Å². The van der Waals surface area contributed by atoms with E-state index in [-0.39, 0.29) is 16.9 Å². The Morgan fingerprint density at radius 3 is 2.35 bits per heavy atom. The van der Waals surface area contributed by atoms with Gasteiger partial charge >= 0.3 is 0 Å². The minimum Gasteiger partial charge on any atom is -0.391 e. The molecule has 2 saturated carbocycles. The second-order valence-corrected chi connectivity index (χ2v) is 6.87. The van der Waals surface area contributed by atoms with Crippen LogP contribution < -0.4 is 0 Å². The lowest BCUT2D eigenvalue weighted by Crippen LogP contribution is -2.53. The van der Waals surface area contributed by atoms with Crippen molar-refractivity contribution in [3.05, 3.63) is 0 Å². The number of ether oxygens (including phenoxy) is 1. The molecule has 4 atom stereocenters. The van der Waals surface area contributed by atoms with Gasteiger partial charge in [-0.05, 0) is 24.2 Å². The first-order chi connectivity index (χ1) is 7.98. The molecule has 0 amide bonds. The van der Waals surface area contributed by atoms with Crippen LogP contribution in [0.1, 0.15) is 33.6 Å². The second kappa shape index (κ2) is 3.69. The van der Waals surface area contributed by atoms with Gasteiger partial charge in [-0.25, -0.2) is 0 Å². The standard InChI is InChI=1S/C14H25NO2/c1-13(2)10-4-5-14(13,3)12(16)11(10)15-6-8-17-9-7-15/h10-12,16H,4-9H2,1-3H3/t10-,11+,12+,14+/m0/s1. The topological polar surface area (TPSA) is 32.7 Å². The van der Waals surface area contributed by atoms with E-state index in [9.17, 15) is 5.11 Å². The van der Waals surface area contributed by atoms with Crippen molar-refractivity contribution in [3.63, 3.8) is 0 Å². The number of nitrogens with zero attached hydrogens (tertiary/aromatic N) is 1. The first-order valence-electron chi connectivity index (χ1n) is 6.98. The van der Waals surface area contributed by atoms with Gasteiger partial charge in [-0.2, -0.15) is 0 Å². The molecule has 3 fully saturated rings. The maximum atomic E-state index is 10.7. The highest BCUT2D eigenvalue weighted by atomic mass is 16.5. The molecule has 1 heterocycles. The maximum Gasteiger partial charge on any atom is 0.0756 e. The van der Waals surface area contributed by atoms with Crippen LogP contribution in [0, 0.1) is 16.7 Å². The summed E-state index contributed by atoms with van der Waals surface area (Å²) >= 11 is 0. The first-order valence-corrected chi connectivity index (χ1v) is 6.98. The summed E-state index contributed by atoms with van der Waals surface area (Å²) in [5, 5.41) is 10.7. The minimum absolute atomic E-state index is 0.112. The summed E-state index contributed by atoms with van der Waals surface area (Å²) in [4.78, 5) is 2.48. The molecule has 0 unspecified atom stereocenters. The lowest BCUT2D eigenvalue weighted by atomic mass is 9.70. The van der Waals surface area contributed by atoms with Crippen LogP contribution in [-0.4, -0.2) is 48.5 Å². The summed E-state index contributed by atoms with van der Waals surface area (Å²) < 4.78 is 5.43. The highest BCUT2D eigenvalue weighted by Gasteiger charge is 2.66. The Hall–Kier alpha value is -0.120. The van der Waals surface area contributed by atoms with E-state index < -0.39 is 0 Å². The quantitative estimate of drug-likeness (QED) is 0.753. The summed E-state index contributed by atoms with van der Waals surface area (Å²) in [7, 11) is 0. The monoisotopic (exact) mass is 239 g/mol. The Morgan fingerprint density at radius 2 is 1.82 bits per heavy atom. The third-order valence-electron chi connectivity index (χ3n) is 6.23. The van der Waals surface area contributed by atoms with Crippen molar-refractivity contribution >= 4 is 0 Å². The number of hydrogen-bond acceptors (Lipinski definition) is 3. The van der Waals surface area contributed by atoms with Gasteiger partial charge in [-0.1, -0.05) is 20.8 Å². The third kappa shape index (κ3) is 1.39. The Morgan fingerprint density at radius 1 is 1.18 bits per heavy atom. The first kappa shape index (κ1) is 11.9. The van der Waals surface area contributed by atoms with Crippen LogP contribution in [0.3, 0.4) is 0 Å². The van der Waals surface area contributed by atoms with Crippen LogP contribution in [-0.2, 0) is 4.74 Å². The lowest BCUT2D eigenvalue weighted by molar-refractivity contribution is -0.0596. The van der Waals surface area contributed by atoms with Crippen molar-refractivity contribution in [1.82, 2.24) is 4.90 Å². The van der Waals surface area contributed by atoms with E-state index in [1.54, 1.807) is 0 Å². The average molecular weight is 239 g/mol. The molecule has 1 saturated heterocycles. The molecule has 0 radical (unpaired) electrons. The smallest absolute Gasteiger partial charge is 0.0756 e. The van der Waals surface area contributed by atoms with Gasteiger partial charge in [0.2, 0.25) is 0 Å². The second-order valence-electron chi connectivity index (χ2n) is 6.87. The van der Waals surface area contributed by atoms with Gasteiger partial charge in [0.15, 0.2) is 0 Å². The number of hydrogen-bond donors (Lipinski definition) is 1. The number of morpholine rings is 1. The van der Waals surface area contributed by atoms with Gasteiger partial charge in [0.05, 0.1) is 19.3 Å². The van der Waals surface area contributed by atoms with E-state index in [2.05, 4.69) is 25.7 Å². The summed E-state index contributed by atoms with van der Waals surface area (Å²) in [6, 6.07) is 0.368. The molecule has 3 aliphatic rings. The van der Waals surface area contributed by atoms with Crippen molar-refractivity contribution in [2.75, 3.05) is 26.3 Å². The van der Waals surface area contributed by atoms with E-state index in [1.165, 1.54) is 12.8 Å². The summed E-state index contributed by atoms with van der Waals surface area (Å²) in [6.45, 7) is 10.6. The van der Waals surface area contributed by atoms with Crippen molar-refractivity contribution in [2.45, 2.75) is 45.8 Å². The number of fused-ring (bicyclic) bond motifs is 2. The fourth-order valence-corrected chi connectivity index (χ4v) is 4.62. The Labute approximate surface area is 104 Å². The van der Waals surface area contributed by atoms with E-state index in [0.29, 0.717) is 12.0 Å². The van der Waals surface area contributed by atoms with Crippen LogP contribution >= 0.6 is 0 Å². The van der Waals surface area contributed by atoms with Crippen LogP contribution in [0.5, 0.6) is 0 Å². The molecule has 2 bridgehead atoms. The molecule has 0 aromatic heterocycles. The van der Waals surface area contributed by atoms with Crippen molar-refractivity contribution in [2.24, 2.45) is 16.7 Å². The zero-order valence-corrected chi connectivity index (χ0v) is 11.3. The molecule has 3 nitrogen and oxygen atoms in total. The van der Waals surface area contributed by atoms with Gasteiger partial charge in [0, 0.05) is 24.5 Å². The third-order valence-corrected chi connectivity index (χ3v) is 6.23. The summed E-state index contributed by atoms with van der Waals surface area (Å²) in [6.07, 6.45) is 2.31. The largest absolute Gasteiger partial charge is 0.391 e. The highest BCUT2D eigenvalue weighted by molar-refractivity contribution is 5.17. The SMILES string of the molecule is CC1(C)[C@H]2CC[C@]1(C)[C@H](O)[C@@H]2N1CCOCC1. The summed E-state index contributed by atoms with van der Waals surface area (Å²) in [5.41, 5.74) is 0.385. The number of rotatable bonds is 1. The Bertz CT molecular complexity index is 311. The maximum absolute atomic E-state index is 10.7. The van der Waals surface area contributed by atoms with Gasteiger partial charge in [-0.3, -0.25) is 4.90 Å². The summed E-state index contributed by atoms with van der Waals surface area (Å²) in [5.74, 6) is 0.653. The van der Waals surface area contributed by atoms with Crippen LogP contribution in [0.2, 0.25) is 0 Å². The molecule has 3 heteroatoms. The fraction of sp³-hybridized carbons (Fsp3) is 1.00. The molecule has 17 heavy (non-hydrogen) atoms. The predicted octanol–water partition coefficient (Wildman–Crippen LogP) is 1.50. The fourth-order valence-electron chi connectivity index (χ4n) is 4.62. The van der Waals surface area contributed by atoms with Gasteiger partial charge < -0.3 is 9.84 Å². The predicted molar refractivity (Wildman–Crippen MR) is 66.8 cm³/mol. The number of aliphatic hydroxyl groups excluding tert-OH is 1. The van der Waals surface area contributed by atoms with Crippen LogP contribution in [0.4, 0.5) is 0 Å². The molecule has 3 rings (SSSR count). The molecule has 2 aliphatic carbocycles. The van der Waals surface area contributed by atoms with Crippen molar-refractivity contribution < 1.29 is 9.84 Å². The van der Waals surface area contributed by atoms with E-state index in [0.717, 1.165) is 26.3 Å². The van der Waals surface area contributed by atoms with Gasteiger partial charge in [0.25, 0.3) is 0 Å². The van der Waals surface area contributed by atoms with Crippen LogP contribution in [0.25, 0.3) is 0 Å². The highest BCUT2D eigenvalue weighted by Crippen LogP contribution is 2.66. The lowest BCUT2D eigenvalue weighted by Gasteiger charge is -2.41. The minimum atomic E-state index is -0.158. The molecule has 98 valence electrons. The average Bonchev–Trinajstić information content (AvgIpc) is 2.62. The molecular weight excluding hydrogens is 214 g/mol. The van der Waals surface area contributed by atoms with E-state index in [1.807, 2.05) is 0 Å². The van der Waals surface area contributed by atoms with E-state index >= 15 is 0 Å². The van der Waals surface area contributed by atoms with Crippen molar-refractivity contribution in [1.29, 1.82) is 0 Å². The molecule has 0 aromatic carbocycles. The van der Waals surface area contributed by atoms with Gasteiger partial charge in [0.1, 0.15) is 0 Å². The number of aliphatic hydroxyl groups is 1. The van der Waals surface area contributed by atoms with Crippen molar-refractivity contribution in [3.8, 4) is 0 Å². The Kier molecular flexibility index (Phi) is 2.59. The van der Waals surface area contributed by atoms with Gasteiger partial charge in [-0.15, -0.1) is 0 Å². The molecule has 0 aromatic rings. The molecule has 0 spiro atoms. The Balaban J connectivity index is 1.88. The zero-order valence-electron chi connectivity index (χ0n) is 11.3.